The molecular weight excluding hydrogens is 339 g/mol. The van der Waals surface area contributed by atoms with Crippen LogP contribution in [0.15, 0.2) is 18.2 Å². The van der Waals surface area contributed by atoms with Crippen molar-refractivity contribution in [1.82, 2.24) is 0 Å². The summed E-state index contributed by atoms with van der Waals surface area (Å²) in [7, 11) is -3.53. The van der Waals surface area contributed by atoms with Gasteiger partial charge in [0, 0.05) is 12.2 Å². The summed E-state index contributed by atoms with van der Waals surface area (Å²) in [6.07, 6.45) is 1.35. The Hall–Kier alpha value is -2.16. The van der Waals surface area contributed by atoms with Crippen LogP contribution in [0.5, 0.6) is 0 Å². The normalized spacial score (nSPS) is 25.1. The van der Waals surface area contributed by atoms with Crippen molar-refractivity contribution in [1.29, 1.82) is 0 Å². The van der Waals surface area contributed by atoms with Crippen LogP contribution in [0, 0.1) is 17.7 Å². The topological polar surface area (TPSA) is 104 Å². The lowest BCUT2D eigenvalue weighted by atomic mass is 9.73. The van der Waals surface area contributed by atoms with Gasteiger partial charge in [0.05, 0.1) is 23.3 Å². The Morgan fingerprint density at radius 3 is 2.50 bits per heavy atom. The minimum absolute atomic E-state index is 0.0363. The van der Waals surface area contributed by atoms with E-state index in [2.05, 4.69) is 5.32 Å². The third kappa shape index (κ3) is 2.95. The standard InChI is InChI=1S/C15H17FN2O5S/c16-12-5-2-9(8-13(12)18-6-1-7-24(18,22)23)17-14(19)10-3-4-11(10)15(20)21/h2,5,8,10-11H,1,3-4,6-7H2,(H,17,19)(H,20,21). The first kappa shape index (κ1) is 16.7. The molecule has 1 aromatic carbocycles. The number of hydrogen-bond donors (Lipinski definition) is 2. The quantitative estimate of drug-likeness (QED) is 0.849. The Morgan fingerprint density at radius 1 is 1.25 bits per heavy atom. The van der Waals surface area contributed by atoms with E-state index in [-0.39, 0.29) is 23.7 Å². The average molecular weight is 356 g/mol. The first-order valence-corrected chi connectivity index (χ1v) is 9.24. The molecule has 1 aliphatic carbocycles. The predicted octanol–water partition coefficient (Wildman–Crippen LogP) is 1.41. The van der Waals surface area contributed by atoms with Crippen LogP contribution in [0.4, 0.5) is 15.8 Å². The van der Waals surface area contributed by atoms with Crippen LogP contribution >= 0.6 is 0 Å². The molecule has 7 nitrogen and oxygen atoms in total. The van der Waals surface area contributed by atoms with Crippen LogP contribution in [0.3, 0.4) is 0 Å². The van der Waals surface area contributed by atoms with Gasteiger partial charge in [-0.05, 0) is 37.5 Å². The number of amides is 1. The predicted molar refractivity (Wildman–Crippen MR) is 84.6 cm³/mol. The Kier molecular flexibility index (Phi) is 4.20. The van der Waals surface area contributed by atoms with Crippen molar-refractivity contribution in [2.45, 2.75) is 19.3 Å². The van der Waals surface area contributed by atoms with Crippen LogP contribution in [-0.2, 0) is 19.6 Å². The smallest absolute Gasteiger partial charge is 0.307 e. The molecule has 1 aromatic rings. The monoisotopic (exact) mass is 356 g/mol. The van der Waals surface area contributed by atoms with Gasteiger partial charge in [-0.2, -0.15) is 0 Å². The Labute approximate surface area is 138 Å². The summed E-state index contributed by atoms with van der Waals surface area (Å²) in [4.78, 5) is 23.1. The summed E-state index contributed by atoms with van der Waals surface area (Å²) in [6.45, 7) is 0.195. The number of carbonyl (C=O) groups is 2. The highest BCUT2D eigenvalue weighted by molar-refractivity contribution is 7.93. The second-order valence-electron chi connectivity index (χ2n) is 6.03. The molecule has 9 heteroatoms. The summed E-state index contributed by atoms with van der Waals surface area (Å²) >= 11 is 0. The molecule has 130 valence electrons. The molecule has 3 rings (SSSR count). The van der Waals surface area contributed by atoms with Gasteiger partial charge in [-0.25, -0.2) is 12.8 Å². The summed E-state index contributed by atoms with van der Waals surface area (Å²) in [5.74, 6) is -3.51. The number of carboxylic acid groups (broad SMARTS) is 1. The molecule has 1 amide bonds. The van der Waals surface area contributed by atoms with Gasteiger partial charge < -0.3 is 10.4 Å². The van der Waals surface area contributed by atoms with Crippen molar-refractivity contribution in [3.05, 3.63) is 24.0 Å². The molecule has 0 radical (unpaired) electrons. The number of rotatable bonds is 4. The van der Waals surface area contributed by atoms with Gasteiger partial charge in [-0.3, -0.25) is 13.9 Å². The maximum absolute atomic E-state index is 14.0. The Morgan fingerprint density at radius 2 is 1.96 bits per heavy atom. The maximum Gasteiger partial charge on any atom is 0.307 e. The molecule has 2 unspecified atom stereocenters. The fraction of sp³-hybridized carbons (Fsp3) is 0.467. The number of nitrogens with one attached hydrogen (secondary N) is 1. The average Bonchev–Trinajstić information content (AvgIpc) is 2.78. The van der Waals surface area contributed by atoms with Crippen molar-refractivity contribution in [3.63, 3.8) is 0 Å². The summed E-state index contributed by atoms with van der Waals surface area (Å²) in [5, 5.41) is 11.6. The van der Waals surface area contributed by atoms with Crippen LogP contribution in [0.1, 0.15) is 19.3 Å². The van der Waals surface area contributed by atoms with E-state index < -0.39 is 39.6 Å². The minimum Gasteiger partial charge on any atom is -0.481 e. The van der Waals surface area contributed by atoms with Crippen LogP contribution in [0.2, 0.25) is 0 Å². The number of carboxylic acids is 1. The molecule has 2 atom stereocenters. The molecule has 0 aromatic heterocycles. The molecule has 1 heterocycles. The van der Waals surface area contributed by atoms with E-state index in [1.54, 1.807) is 0 Å². The van der Waals surface area contributed by atoms with Gasteiger partial charge in [-0.1, -0.05) is 0 Å². The molecule has 1 saturated carbocycles. The highest BCUT2D eigenvalue weighted by Gasteiger charge is 2.41. The van der Waals surface area contributed by atoms with Gasteiger partial charge >= 0.3 is 5.97 Å². The van der Waals surface area contributed by atoms with E-state index in [9.17, 15) is 22.4 Å². The van der Waals surface area contributed by atoms with Crippen LogP contribution < -0.4 is 9.62 Å². The van der Waals surface area contributed by atoms with Crippen molar-refractivity contribution in [2.75, 3.05) is 21.9 Å². The third-order valence-corrected chi connectivity index (χ3v) is 6.37. The number of halogens is 1. The molecule has 24 heavy (non-hydrogen) atoms. The van der Waals surface area contributed by atoms with Gasteiger partial charge in [-0.15, -0.1) is 0 Å². The minimum atomic E-state index is -3.53. The molecule has 1 saturated heterocycles. The lowest BCUT2D eigenvalue weighted by molar-refractivity contribution is -0.151. The zero-order valence-electron chi connectivity index (χ0n) is 12.7. The molecule has 1 aliphatic heterocycles. The summed E-state index contributed by atoms with van der Waals surface area (Å²) < 4.78 is 38.9. The molecule has 2 N–H and O–H groups in total. The SMILES string of the molecule is O=C(O)C1CCC1C(=O)Nc1ccc(F)c(N2CCCS2(=O)=O)c1. The highest BCUT2D eigenvalue weighted by atomic mass is 32.2. The van der Waals surface area contributed by atoms with Crippen molar-refractivity contribution in [2.24, 2.45) is 11.8 Å². The molecule has 2 aliphatic rings. The molecule has 0 spiro atoms. The van der Waals surface area contributed by atoms with E-state index in [1.807, 2.05) is 0 Å². The number of sulfonamides is 1. The zero-order valence-corrected chi connectivity index (χ0v) is 13.6. The van der Waals surface area contributed by atoms with Gasteiger partial charge in [0.1, 0.15) is 5.82 Å². The third-order valence-electron chi connectivity index (χ3n) is 4.51. The van der Waals surface area contributed by atoms with E-state index in [1.165, 1.54) is 12.1 Å². The van der Waals surface area contributed by atoms with Crippen molar-refractivity contribution < 1.29 is 27.5 Å². The lowest BCUT2D eigenvalue weighted by Crippen LogP contribution is -2.41. The van der Waals surface area contributed by atoms with Crippen molar-refractivity contribution in [3.8, 4) is 0 Å². The fourth-order valence-corrected chi connectivity index (χ4v) is 4.60. The second-order valence-corrected chi connectivity index (χ2v) is 8.04. The number of aliphatic carboxylic acids is 1. The Balaban J connectivity index is 1.79. The van der Waals surface area contributed by atoms with Crippen molar-refractivity contribution >= 4 is 33.3 Å². The first-order valence-electron chi connectivity index (χ1n) is 7.63. The molecular formula is C15H17FN2O5S. The summed E-state index contributed by atoms with van der Waals surface area (Å²) in [6, 6.07) is 3.69. The number of benzene rings is 1. The van der Waals surface area contributed by atoms with Crippen LogP contribution in [0.25, 0.3) is 0 Å². The van der Waals surface area contributed by atoms with Gasteiger partial charge in [0.25, 0.3) is 0 Å². The number of carbonyl (C=O) groups excluding carboxylic acids is 1. The maximum atomic E-state index is 14.0. The first-order chi connectivity index (χ1) is 11.3. The molecule has 2 fully saturated rings. The van der Waals surface area contributed by atoms with Crippen LogP contribution in [-0.4, -0.2) is 37.7 Å². The number of nitrogens with zero attached hydrogens (tertiary/aromatic N) is 1. The highest BCUT2D eigenvalue weighted by Crippen LogP contribution is 2.36. The van der Waals surface area contributed by atoms with Gasteiger partial charge in [0.2, 0.25) is 15.9 Å². The molecule has 0 bridgehead atoms. The number of hydrogen-bond acceptors (Lipinski definition) is 4. The number of anilines is 2. The van der Waals surface area contributed by atoms with E-state index in [4.69, 9.17) is 5.11 Å². The van der Waals surface area contributed by atoms with Gasteiger partial charge in [0.15, 0.2) is 0 Å². The van der Waals surface area contributed by atoms with E-state index >= 15 is 0 Å². The second kappa shape index (κ2) is 6.04. The fourth-order valence-electron chi connectivity index (χ4n) is 3.04. The largest absolute Gasteiger partial charge is 0.481 e. The Bertz CT molecular complexity index is 795. The van der Waals surface area contributed by atoms with E-state index in [0.29, 0.717) is 19.3 Å². The summed E-state index contributed by atoms with van der Waals surface area (Å²) in [5.41, 5.74) is 0.142. The van der Waals surface area contributed by atoms with E-state index in [0.717, 1.165) is 10.4 Å². The zero-order chi connectivity index (χ0) is 17.5. The lowest BCUT2D eigenvalue weighted by Gasteiger charge is -2.32.